The summed E-state index contributed by atoms with van der Waals surface area (Å²) in [5.74, 6) is -0.180. The van der Waals surface area contributed by atoms with Crippen LogP contribution in [0.1, 0.15) is 32.6 Å². The van der Waals surface area contributed by atoms with Crippen molar-refractivity contribution in [1.29, 1.82) is 0 Å². The number of fused-ring (bicyclic) bond motifs is 2. The third-order valence-corrected chi connectivity index (χ3v) is 3.90. The van der Waals surface area contributed by atoms with Crippen LogP contribution in [0.25, 0.3) is 0 Å². The van der Waals surface area contributed by atoms with E-state index in [1.54, 1.807) is 0 Å². The van der Waals surface area contributed by atoms with Crippen LogP contribution in [-0.4, -0.2) is 18.9 Å². The second-order valence-electron chi connectivity index (χ2n) is 5.29. The van der Waals surface area contributed by atoms with Gasteiger partial charge < -0.3 is 4.74 Å². The number of Topliss-reactive ketones (excluding diaryl/α,β-unsaturated/α-hetero) is 1. The molecule has 0 bridgehead atoms. The molecule has 3 nitrogen and oxygen atoms in total. The van der Waals surface area contributed by atoms with Crippen molar-refractivity contribution in [2.45, 2.75) is 19.3 Å². The Balaban J connectivity index is 1.98. The molecule has 0 saturated heterocycles. The molecule has 0 amide bonds. The fourth-order valence-electron chi connectivity index (χ4n) is 2.76. The number of methoxy groups -OCH3 is 1. The summed E-state index contributed by atoms with van der Waals surface area (Å²) >= 11 is 0. The van der Waals surface area contributed by atoms with Gasteiger partial charge >= 0.3 is 5.97 Å². The van der Waals surface area contributed by atoms with E-state index in [1.165, 1.54) is 12.7 Å². The maximum Gasteiger partial charge on any atom is 0.309 e. The number of hydrogen-bond acceptors (Lipinski definition) is 3. The van der Waals surface area contributed by atoms with Gasteiger partial charge in [-0.15, -0.1) is 0 Å². The molecule has 106 valence electrons. The smallest absolute Gasteiger partial charge is 0.309 e. The Morgan fingerprint density at radius 2 is 1.76 bits per heavy atom. The molecule has 21 heavy (non-hydrogen) atoms. The predicted octanol–water partition coefficient (Wildman–Crippen LogP) is 2.73. The lowest BCUT2D eigenvalue weighted by molar-refractivity contribution is -0.139. The van der Waals surface area contributed by atoms with Crippen LogP contribution in [0.15, 0.2) is 42.5 Å². The summed E-state index contributed by atoms with van der Waals surface area (Å²) in [5.41, 5.74) is 4.87. The molecular weight excluding hydrogens is 264 g/mol. The normalized spacial score (nSPS) is 13.1. The zero-order valence-electron chi connectivity index (χ0n) is 11.9. The number of esters is 1. The molecule has 0 unspecified atom stereocenters. The van der Waals surface area contributed by atoms with E-state index in [-0.39, 0.29) is 18.2 Å². The van der Waals surface area contributed by atoms with Crippen molar-refractivity contribution < 1.29 is 14.3 Å². The lowest BCUT2D eigenvalue weighted by Crippen LogP contribution is -2.08. The Hall–Kier alpha value is -2.42. The Labute approximate surface area is 123 Å². The van der Waals surface area contributed by atoms with E-state index < -0.39 is 0 Å². The van der Waals surface area contributed by atoms with Gasteiger partial charge in [0.05, 0.1) is 13.5 Å². The molecule has 1 aliphatic rings. The number of hydrogen-bond donors (Lipinski definition) is 0. The molecule has 3 heteroatoms. The molecule has 0 N–H and O–H groups in total. The molecule has 2 aromatic carbocycles. The highest BCUT2D eigenvalue weighted by Gasteiger charge is 2.20. The summed E-state index contributed by atoms with van der Waals surface area (Å²) in [6, 6.07) is 13.7. The van der Waals surface area contributed by atoms with Gasteiger partial charge in [-0.1, -0.05) is 36.4 Å². The van der Waals surface area contributed by atoms with Gasteiger partial charge in [0.1, 0.15) is 0 Å². The largest absolute Gasteiger partial charge is 0.469 e. The Bertz CT molecular complexity index is 716. The summed E-state index contributed by atoms with van der Waals surface area (Å²) in [6.07, 6.45) is 1.38. The molecule has 3 rings (SSSR count). The maximum absolute atomic E-state index is 12.5. The van der Waals surface area contributed by atoms with E-state index in [0.29, 0.717) is 6.42 Å². The van der Waals surface area contributed by atoms with Gasteiger partial charge in [-0.05, 0) is 34.7 Å². The fraction of sp³-hybridized carbons (Fsp3) is 0.222. The topological polar surface area (TPSA) is 43.4 Å². The molecule has 0 spiro atoms. The standard InChI is InChI=1S/C18H16O3/c1-21-18(20)9-12-6-7-15-10-13-4-2-3-5-14(13)11-17(19)16(15)8-12/h2-8H,9-11H2,1H3. The van der Waals surface area contributed by atoms with Crippen molar-refractivity contribution in [2.24, 2.45) is 0 Å². The fourth-order valence-corrected chi connectivity index (χ4v) is 2.76. The zero-order valence-corrected chi connectivity index (χ0v) is 11.9. The maximum atomic E-state index is 12.5. The van der Waals surface area contributed by atoms with Gasteiger partial charge in [0.15, 0.2) is 5.78 Å². The van der Waals surface area contributed by atoms with Crippen molar-refractivity contribution in [1.82, 2.24) is 0 Å². The van der Waals surface area contributed by atoms with Crippen LogP contribution < -0.4 is 0 Å². The van der Waals surface area contributed by atoms with Crippen molar-refractivity contribution in [3.63, 3.8) is 0 Å². The molecule has 1 aliphatic carbocycles. The van der Waals surface area contributed by atoms with Crippen molar-refractivity contribution in [3.8, 4) is 0 Å². The van der Waals surface area contributed by atoms with Crippen LogP contribution in [0, 0.1) is 0 Å². The second kappa shape index (κ2) is 5.52. The van der Waals surface area contributed by atoms with Gasteiger partial charge in [0.2, 0.25) is 0 Å². The van der Waals surface area contributed by atoms with Crippen LogP contribution in [0.4, 0.5) is 0 Å². The number of ether oxygens (including phenoxy) is 1. The summed E-state index contributed by atoms with van der Waals surface area (Å²) in [5, 5.41) is 0. The Morgan fingerprint density at radius 1 is 1.05 bits per heavy atom. The van der Waals surface area contributed by atoms with Crippen molar-refractivity contribution in [2.75, 3.05) is 7.11 Å². The minimum atomic E-state index is -0.292. The van der Waals surface area contributed by atoms with Crippen molar-refractivity contribution >= 4 is 11.8 Å². The monoisotopic (exact) mass is 280 g/mol. The molecular formula is C18H16O3. The van der Waals surface area contributed by atoms with Gasteiger partial charge in [0, 0.05) is 12.0 Å². The van der Waals surface area contributed by atoms with E-state index >= 15 is 0 Å². The Kier molecular flexibility index (Phi) is 3.57. The van der Waals surface area contributed by atoms with Gasteiger partial charge in [-0.3, -0.25) is 9.59 Å². The minimum absolute atomic E-state index is 0.113. The number of benzene rings is 2. The zero-order chi connectivity index (χ0) is 14.8. The van der Waals surface area contributed by atoms with Crippen LogP contribution in [0.2, 0.25) is 0 Å². The SMILES string of the molecule is COC(=O)Cc1ccc2c(c1)C(=O)Cc1ccccc1C2. The van der Waals surface area contributed by atoms with Gasteiger partial charge in [-0.2, -0.15) is 0 Å². The summed E-state index contributed by atoms with van der Waals surface area (Å²) in [7, 11) is 1.37. The van der Waals surface area contributed by atoms with E-state index in [9.17, 15) is 9.59 Å². The van der Waals surface area contributed by atoms with E-state index in [1.807, 2.05) is 36.4 Å². The molecule has 0 fully saturated rings. The third kappa shape index (κ3) is 2.72. The second-order valence-corrected chi connectivity index (χ2v) is 5.29. The first-order valence-electron chi connectivity index (χ1n) is 6.96. The summed E-state index contributed by atoms with van der Waals surface area (Å²) < 4.78 is 4.68. The highest BCUT2D eigenvalue weighted by atomic mass is 16.5. The summed E-state index contributed by atoms with van der Waals surface area (Å²) in [4.78, 5) is 23.8. The lowest BCUT2D eigenvalue weighted by atomic mass is 9.97. The minimum Gasteiger partial charge on any atom is -0.469 e. The number of carbonyl (C=O) groups is 2. The quantitative estimate of drug-likeness (QED) is 0.794. The van der Waals surface area contributed by atoms with E-state index in [2.05, 4.69) is 10.8 Å². The van der Waals surface area contributed by atoms with Gasteiger partial charge in [0.25, 0.3) is 0 Å². The Morgan fingerprint density at radius 3 is 2.48 bits per heavy atom. The third-order valence-electron chi connectivity index (χ3n) is 3.90. The first kappa shape index (κ1) is 13.6. The highest BCUT2D eigenvalue weighted by Crippen LogP contribution is 2.25. The summed E-state index contributed by atoms with van der Waals surface area (Å²) in [6.45, 7) is 0. The molecule has 0 saturated carbocycles. The number of ketones is 1. The predicted molar refractivity (Wildman–Crippen MR) is 79.4 cm³/mol. The van der Waals surface area contributed by atoms with Crippen LogP contribution in [0.5, 0.6) is 0 Å². The average molecular weight is 280 g/mol. The number of carbonyl (C=O) groups excluding carboxylic acids is 2. The molecule has 0 heterocycles. The first-order chi connectivity index (χ1) is 10.2. The highest BCUT2D eigenvalue weighted by molar-refractivity contribution is 6.00. The molecule has 0 atom stereocenters. The van der Waals surface area contributed by atoms with E-state index in [4.69, 9.17) is 0 Å². The molecule has 0 aliphatic heterocycles. The molecule has 0 aromatic heterocycles. The number of rotatable bonds is 2. The first-order valence-corrected chi connectivity index (χ1v) is 6.96. The molecule has 2 aromatic rings. The van der Waals surface area contributed by atoms with Gasteiger partial charge in [-0.25, -0.2) is 0 Å². The van der Waals surface area contributed by atoms with Crippen LogP contribution in [0.3, 0.4) is 0 Å². The van der Waals surface area contributed by atoms with Crippen LogP contribution >= 0.6 is 0 Å². The van der Waals surface area contributed by atoms with Crippen molar-refractivity contribution in [3.05, 3.63) is 70.3 Å². The van der Waals surface area contributed by atoms with Crippen LogP contribution in [-0.2, 0) is 28.8 Å². The van der Waals surface area contributed by atoms with E-state index in [0.717, 1.165) is 28.7 Å². The molecule has 0 radical (unpaired) electrons. The lowest BCUT2D eigenvalue weighted by Gasteiger charge is -2.07. The average Bonchev–Trinajstić information content (AvgIpc) is 2.63.